The molecule has 1 saturated carbocycles. The van der Waals surface area contributed by atoms with Gasteiger partial charge in [0.05, 0.1) is 6.10 Å². The maximum Gasteiger partial charge on any atom is 0.241 e. The first-order valence-corrected chi connectivity index (χ1v) is 9.77. The number of piperidine rings is 1. The summed E-state index contributed by atoms with van der Waals surface area (Å²) in [5, 5.41) is 3.02. The second-order valence-electron chi connectivity index (χ2n) is 8.09. The molecule has 6 heteroatoms. The topological polar surface area (TPSA) is 80.5 Å². The molecule has 2 heterocycles. The van der Waals surface area contributed by atoms with E-state index in [0.29, 0.717) is 19.6 Å². The summed E-state index contributed by atoms with van der Waals surface area (Å²) in [4.78, 5) is 19.6. The Morgan fingerprint density at radius 3 is 2.77 bits per heavy atom. The van der Waals surface area contributed by atoms with Crippen molar-refractivity contribution < 1.29 is 9.53 Å². The molecule has 2 unspecified atom stereocenters. The molecule has 0 bridgehead atoms. The molecule has 1 aromatic heterocycles. The van der Waals surface area contributed by atoms with Gasteiger partial charge in [-0.25, -0.2) is 4.98 Å². The number of pyridine rings is 1. The van der Waals surface area contributed by atoms with E-state index >= 15 is 0 Å². The number of nitrogens with two attached hydrogens (primary N) is 1. The number of anilines is 1. The average molecular weight is 361 g/mol. The van der Waals surface area contributed by atoms with E-state index in [9.17, 15) is 4.79 Å². The third-order valence-corrected chi connectivity index (χ3v) is 6.18. The van der Waals surface area contributed by atoms with Crippen molar-refractivity contribution in [2.75, 3.05) is 24.6 Å². The third kappa shape index (κ3) is 3.45. The third-order valence-electron chi connectivity index (χ3n) is 6.18. The highest BCUT2D eigenvalue weighted by molar-refractivity contribution is 5.88. The van der Waals surface area contributed by atoms with Crippen LogP contribution < -0.4 is 16.0 Å². The van der Waals surface area contributed by atoms with Crippen molar-refractivity contribution in [1.29, 1.82) is 0 Å². The van der Waals surface area contributed by atoms with Gasteiger partial charge in [0, 0.05) is 44.3 Å². The number of nitrogens with zero attached hydrogens (tertiary/aromatic N) is 2. The molecule has 2 aliphatic rings. The lowest BCUT2D eigenvalue weighted by atomic mass is 9.54. The fourth-order valence-electron chi connectivity index (χ4n) is 4.03. The monoisotopic (exact) mass is 360 g/mol. The molecule has 2 atom stereocenters. The van der Waals surface area contributed by atoms with Crippen molar-refractivity contribution in [3.8, 4) is 0 Å². The maximum atomic E-state index is 12.8. The van der Waals surface area contributed by atoms with Gasteiger partial charge in [-0.15, -0.1) is 0 Å². The number of hydrogen-bond acceptors (Lipinski definition) is 5. The number of amides is 1. The van der Waals surface area contributed by atoms with E-state index in [-0.39, 0.29) is 17.4 Å². The van der Waals surface area contributed by atoms with Gasteiger partial charge < -0.3 is 20.7 Å². The molecular formula is C20H32N4O2. The van der Waals surface area contributed by atoms with Gasteiger partial charge in [-0.2, -0.15) is 0 Å². The minimum Gasteiger partial charge on any atom is -0.378 e. The molecule has 144 valence electrons. The summed E-state index contributed by atoms with van der Waals surface area (Å²) in [5.74, 6) is 0.897. The number of rotatable bonds is 6. The molecule has 3 N–H and O–H groups in total. The first kappa shape index (κ1) is 19.1. The molecule has 1 aliphatic heterocycles. The van der Waals surface area contributed by atoms with Crippen LogP contribution >= 0.6 is 0 Å². The van der Waals surface area contributed by atoms with E-state index in [0.717, 1.165) is 24.5 Å². The number of ether oxygens (including phenoxy) is 1. The minimum atomic E-state index is -0.879. The highest BCUT2D eigenvalue weighted by Crippen LogP contribution is 2.49. The Morgan fingerprint density at radius 2 is 2.12 bits per heavy atom. The van der Waals surface area contributed by atoms with Gasteiger partial charge >= 0.3 is 0 Å². The van der Waals surface area contributed by atoms with E-state index in [2.05, 4.69) is 21.3 Å². The Kier molecular flexibility index (Phi) is 5.53. The number of hydrogen-bond donors (Lipinski definition) is 2. The Morgan fingerprint density at radius 1 is 1.38 bits per heavy atom. The van der Waals surface area contributed by atoms with Crippen LogP contribution in [0, 0.1) is 5.41 Å². The number of carbonyl (C=O) groups is 1. The average Bonchev–Trinajstić information content (AvgIpc) is 2.66. The van der Waals surface area contributed by atoms with Crippen LogP contribution in [0.4, 0.5) is 5.82 Å². The van der Waals surface area contributed by atoms with Crippen molar-refractivity contribution in [2.45, 2.75) is 64.6 Å². The van der Waals surface area contributed by atoms with Crippen molar-refractivity contribution in [2.24, 2.45) is 11.1 Å². The van der Waals surface area contributed by atoms with Crippen LogP contribution in [0.1, 0.15) is 52.0 Å². The summed E-state index contributed by atoms with van der Waals surface area (Å²) < 4.78 is 5.71. The van der Waals surface area contributed by atoms with E-state index in [1.165, 1.54) is 19.3 Å². The van der Waals surface area contributed by atoms with Crippen molar-refractivity contribution in [3.63, 3.8) is 0 Å². The van der Waals surface area contributed by atoms with Gasteiger partial charge in [0.2, 0.25) is 5.91 Å². The fraction of sp³-hybridized carbons (Fsp3) is 0.700. The highest BCUT2D eigenvalue weighted by Gasteiger charge is 2.62. The second kappa shape index (κ2) is 7.53. The summed E-state index contributed by atoms with van der Waals surface area (Å²) in [7, 11) is 0. The molecular weight excluding hydrogens is 328 g/mol. The Balaban J connectivity index is 1.60. The van der Waals surface area contributed by atoms with Crippen LogP contribution in [0.25, 0.3) is 0 Å². The zero-order chi connectivity index (χ0) is 18.8. The van der Waals surface area contributed by atoms with Gasteiger partial charge in [-0.1, -0.05) is 13.8 Å². The zero-order valence-corrected chi connectivity index (χ0v) is 16.3. The van der Waals surface area contributed by atoms with Crippen molar-refractivity contribution >= 4 is 11.7 Å². The Labute approximate surface area is 156 Å². The summed E-state index contributed by atoms with van der Waals surface area (Å²) >= 11 is 0. The molecule has 1 amide bonds. The summed E-state index contributed by atoms with van der Waals surface area (Å²) in [6.45, 7) is 9.21. The fourth-order valence-corrected chi connectivity index (χ4v) is 4.03. The molecule has 1 aliphatic carbocycles. The molecule has 0 spiro atoms. The Bertz CT molecular complexity index is 642. The molecule has 6 nitrogen and oxygen atoms in total. The lowest BCUT2D eigenvalue weighted by molar-refractivity contribution is -0.170. The summed E-state index contributed by atoms with van der Waals surface area (Å²) in [5.41, 5.74) is 6.24. The molecule has 3 rings (SSSR count). The first-order valence-electron chi connectivity index (χ1n) is 9.77. The second-order valence-corrected chi connectivity index (χ2v) is 8.09. The van der Waals surface area contributed by atoms with Crippen LogP contribution in [0.2, 0.25) is 0 Å². The standard InChI is InChI=1S/C20H32N4O2/c1-4-26-16-13-20(21,19(16,2)3)18(25)23-14-15-8-9-22-17(12-15)24-10-6-5-7-11-24/h8-9,12,16H,4-7,10-11,13-14,21H2,1-3H3,(H,23,25). The Hall–Kier alpha value is -1.66. The van der Waals surface area contributed by atoms with E-state index in [1.54, 1.807) is 0 Å². The predicted molar refractivity (Wildman–Crippen MR) is 103 cm³/mol. The van der Waals surface area contributed by atoms with E-state index in [1.807, 2.05) is 33.0 Å². The predicted octanol–water partition coefficient (Wildman–Crippen LogP) is 2.22. The van der Waals surface area contributed by atoms with Crippen LogP contribution in [-0.4, -0.2) is 42.2 Å². The molecule has 0 aromatic carbocycles. The van der Waals surface area contributed by atoms with E-state index < -0.39 is 5.54 Å². The van der Waals surface area contributed by atoms with Crippen molar-refractivity contribution in [3.05, 3.63) is 23.9 Å². The molecule has 1 aromatic rings. The maximum absolute atomic E-state index is 12.8. The number of carbonyl (C=O) groups excluding carboxylic acids is 1. The molecule has 26 heavy (non-hydrogen) atoms. The largest absolute Gasteiger partial charge is 0.378 e. The lowest BCUT2D eigenvalue weighted by Crippen LogP contribution is -2.75. The lowest BCUT2D eigenvalue weighted by Gasteiger charge is -2.57. The molecule has 2 fully saturated rings. The summed E-state index contributed by atoms with van der Waals surface area (Å²) in [6, 6.07) is 4.02. The van der Waals surface area contributed by atoms with Crippen LogP contribution in [0.3, 0.4) is 0 Å². The quantitative estimate of drug-likeness (QED) is 0.813. The number of aromatic nitrogens is 1. The SMILES string of the molecule is CCOC1CC(N)(C(=O)NCc2ccnc(N3CCCCC3)c2)C1(C)C. The highest BCUT2D eigenvalue weighted by atomic mass is 16.5. The van der Waals surface area contributed by atoms with Gasteiger partial charge in [-0.3, -0.25) is 4.79 Å². The van der Waals surface area contributed by atoms with Gasteiger partial charge in [-0.05, 0) is 43.9 Å². The van der Waals surface area contributed by atoms with Crippen LogP contribution in [0.15, 0.2) is 18.3 Å². The van der Waals surface area contributed by atoms with Crippen LogP contribution in [-0.2, 0) is 16.1 Å². The first-order chi connectivity index (χ1) is 12.4. The number of nitrogens with one attached hydrogen (secondary N) is 1. The zero-order valence-electron chi connectivity index (χ0n) is 16.3. The van der Waals surface area contributed by atoms with Gasteiger partial charge in [0.15, 0.2) is 0 Å². The summed E-state index contributed by atoms with van der Waals surface area (Å²) in [6.07, 6.45) is 6.15. The minimum absolute atomic E-state index is 0.0369. The molecule has 1 saturated heterocycles. The van der Waals surface area contributed by atoms with E-state index in [4.69, 9.17) is 10.5 Å². The van der Waals surface area contributed by atoms with Gasteiger partial charge in [0.25, 0.3) is 0 Å². The smallest absolute Gasteiger partial charge is 0.241 e. The van der Waals surface area contributed by atoms with Crippen LogP contribution in [0.5, 0.6) is 0 Å². The normalized spacial score (nSPS) is 27.7. The van der Waals surface area contributed by atoms with Crippen molar-refractivity contribution in [1.82, 2.24) is 10.3 Å². The molecule has 0 radical (unpaired) electrons. The van der Waals surface area contributed by atoms with Gasteiger partial charge in [0.1, 0.15) is 11.4 Å².